The van der Waals surface area contributed by atoms with Crippen molar-refractivity contribution in [1.29, 1.82) is 0 Å². The van der Waals surface area contributed by atoms with Crippen LogP contribution in [0.15, 0.2) is 36.5 Å². The van der Waals surface area contributed by atoms with E-state index < -0.39 is 0 Å². The lowest BCUT2D eigenvalue weighted by molar-refractivity contribution is 0.560. The monoisotopic (exact) mass is 242 g/mol. The van der Waals surface area contributed by atoms with Crippen molar-refractivity contribution in [2.75, 3.05) is 0 Å². The van der Waals surface area contributed by atoms with Crippen LogP contribution in [0.3, 0.4) is 0 Å². The lowest BCUT2D eigenvalue weighted by Crippen LogP contribution is -2.12. The first kappa shape index (κ1) is 13.0. The van der Waals surface area contributed by atoms with E-state index >= 15 is 0 Å². The third kappa shape index (κ3) is 3.08. The van der Waals surface area contributed by atoms with Gasteiger partial charge < -0.3 is 5.73 Å². The SMILES string of the molecule is CCCCCCC(N)c1nccc2ccccc12. The maximum absolute atomic E-state index is 6.28. The smallest absolute Gasteiger partial charge is 0.0649 e. The number of hydrogen-bond acceptors (Lipinski definition) is 2. The molecule has 2 N–H and O–H groups in total. The summed E-state index contributed by atoms with van der Waals surface area (Å²) < 4.78 is 0. The average Bonchev–Trinajstić information content (AvgIpc) is 2.43. The molecule has 0 aliphatic carbocycles. The lowest BCUT2D eigenvalue weighted by Gasteiger charge is -2.13. The summed E-state index contributed by atoms with van der Waals surface area (Å²) in [4.78, 5) is 4.48. The highest BCUT2D eigenvalue weighted by Crippen LogP contribution is 2.23. The van der Waals surface area contributed by atoms with E-state index in [9.17, 15) is 0 Å². The molecule has 0 saturated carbocycles. The van der Waals surface area contributed by atoms with Crippen molar-refractivity contribution in [3.8, 4) is 0 Å². The van der Waals surface area contributed by atoms with Gasteiger partial charge in [-0.25, -0.2) is 0 Å². The Kier molecular flexibility index (Phi) is 4.71. The fourth-order valence-corrected chi connectivity index (χ4v) is 2.37. The van der Waals surface area contributed by atoms with Crippen LogP contribution in [-0.4, -0.2) is 4.98 Å². The molecule has 18 heavy (non-hydrogen) atoms. The van der Waals surface area contributed by atoms with Crippen molar-refractivity contribution in [1.82, 2.24) is 4.98 Å². The molecule has 2 aromatic rings. The first-order valence-corrected chi connectivity index (χ1v) is 6.92. The first-order chi connectivity index (χ1) is 8.83. The minimum absolute atomic E-state index is 0.0629. The Morgan fingerprint density at radius 2 is 1.94 bits per heavy atom. The molecule has 2 heteroatoms. The molecular weight excluding hydrogens is 220 g/mol. The van der Waals surface area contributed by atoms with E-state index in [1.807, 2.05) is 12.3 Å². The van der Waals surface area contributed by atoms with Crippen molar-refractivity contribution in [2.24, 2.45) is 5.73 Å². The number of pyridine rings is 1. The number of hydrogen-bond donors (Lipinski definition) is 1. The van der Waals surface area contributed by atoms with E-state index in [1.165, 1.54) is 36.5 Å². The Labute approximate surface area is 109 Å². The second-order valence-electron chi connectivity index (χ2n) is 4.87. The van der Waals surface area contributed by atoms with E-state index in [2.05, 4.69) is 36.2 Å². The first-order valence-electron chi connectivity index (χ1n) is 6.92. The van der Waals surface area contributed by atoms with Gasteiger partial charge in [0.15, 0.2) is 0 Å². The molecule has 0 radical (unpaired) electrons. The molecule has 2 nitrogen and oxygen atoms in total. The molecule has 0 amide bonds. The number of fused-ring (bicyclic) bond motifs is 1. The van der Waals surface area contributed by atoms with Gasteiger partial charge in [0.05, 0.1) is 5.69 Å². The number of benzene rings is 1. The van der Waals surface area contributed by atoms with Crippen molar-refractivity contribution in [3.05, 3.63) is 42.2 Å². The van der Waals surface area contributed by atoms with Crippen molar-refractivity contribution < 1.29 is 0 Å². The minimum Gasteiger partial charge on any atom is -0.323 e. The third-order valence-corrected chi connectivity index (χ3v) is 3.42. The fourth-order valence-electron chi connectivity index (χ4n) is 2.37. The second kappa shape index (κ2) is 6.50. The summed E-state index contributed by atoms with van der Waals surface area (Å²) in [6, 6.07) is 10.4. The molecule has 0 aliphatic rings. The lowest BCUT2D eigenvalue weighted by atomic mass is 10.0. The van der Waals surface area contributed by atoms with Gasteiger partial charge in [0, 0.05) is 17.6 Å². The van der Waals surface area contributed by atoms with Crippen LogP contribution in [0.4, 0.5) is 0 Å². The zero-order valence-electron chi connectivity index (χ0n) is 11.1. The summed E-state index contributed by atoms with van der Waals surface area (Å²) in [6.45, 7) is 2.23. The van der Waals surface area contributed by atoms with Gasteiger partial charge in [0.1, 0.15) is 0 Å². The van der Waals surface area contributed by atoms with Crippen molar-refractivity contribution >= 4 is 10.8 Å². The Morgan fingerprint density at radius 3 is 2.78 bits per heavy atom. The van der Waals surface area contributed by atoms with Gasteiger partial charge in [0.25, 0.3) is 0 Å². The van der Waals surface area contributed by atoms with Gasteiger partial charge in [-0.1, -0.05) is 56.9 Å². The predicted octanol–water partition coefficient (Wildman–Crippen LogP) is 4.21. The maximum Gasteiger partial charge on any atom is 0.0649 e. The summed E-state index contributed by atoms with van der Waals surface area (Å²) in [6.07, 6.45) is 7.93. The standard InChI is InChI=1S/C16H22N2/c1-2-3-4-5-10-15(17)16-14-9-7-6-8-13(14)11-12-18-16/h6-9,11-12,15H,2-5,10,17H2,1H3. The Bertz CT molecular complexity index is 488. The molecule has 0 aliphatic heterocycles. The van der Waals surface area contributed by atoms with Gasteiger partial charge in [-0.05, 0) is 17.9 Å². The Balaban J connectivity index is 2.10. The highest BCUT2D eigenvalue weighted by atomic mass is 14.8. The molecule has 0 bridgehead atoms. The third-order valence-electron chi connectivity index (χ3n) is 3.42. The van der Waals surface area contributed by atoms with Crippen molar-refractivity contribution in [2.45, 2.75) is 45.1 Å². The van der Waals surface area contributed by atoms with Crippen LogP contribution in [-0.2, 0) is 0 Å². The molecule has 0 saturated heterocycles. The highest BCUT2D eigenvalue weighted by Gasteiger charge is 2.10. The molecular formula is C16H22N2. The molecule has 0 spiro atoms. The maximum atomic E-state index is 6.28. The largest absolute Gasteiger partial charge is 0.323 e. The van der Waals surface area contributed by atoms with E-state index in [-0.39, 0.29) is 6.04 Å². The van der Waals surface area contributed by atoms with Gasteiger partial charge in [0.2, 0.25) is 0 Å². The van der Waals surface area contributed by atoms with E-state index in [1.54, 1.807) is 0 Å². The summed E-state index contributed by atoms with van der Waals surface area (Å²) in [5.41, 5.74) is 7.33. The summed E-state index contributed by atoms with van der Waals surface area (Å²) in [5, 5.41) is 2.43. The number of unbranched alkanes of at least 4 members (excludes halogenated alkanes) is 3. The summed E-state index contributed by atoms with van der Waals surface area (Å²) >= 11 is 0. The van der Waals surface area contributed by atoms with Crippen LogP contribution in [0.1, 0.15) is 50.8 Å². The number of rotatable bonds is 6. The van der Waals surface area contributed by atoms with E-state index in [0.717, 1.165) is 12.1 Å². The number of nitrogens with zero attached hydrogens (tertiary/aromatic N) is 1. The molecule has 96 valence electrons. The molecule has 1 unspecified atom stereocenters. The van der Waals surface area contributed by atoms with Gasteiger partial charge in [-0.15, -0.1) is 0 Å². The quantitative estimate of drug-likeness (QED) is 0.771. The van der Waals surface area contributed by atoms with E-state index in [0.29, 0.717) is 0 Å². The van der Waals surface area contributed by atoms with Crippen LogP contribution in [0.2, 0.25) is 0 Å². The van der Waals surface area contributed by atoms with Crippen LogP contribution in [0.25, 0.3) is 10.8 Å². The molecule has 1 aromatic heterocycles. The highest BCUT2D eigenvalue weighted by molar-refractivity contribution is 5.84. The van der Waals surface area contributed by atoms with Crippen LogP contribution < -0.4 is 5.73 Å². The average molecular weight is 242 g/mol. The Morgan fingerprint density at radius 1 is 1.11 bits per heavy atom. The number of aromatic nitrogens is 1. The van der Waals surface area contributed by atoms with Gasteiger partial charge in [-0.2, -0.15) is 0 Å². The number of nitrogens with two attached hydrogens (primary N) is 1. The van der Waals surface area contributed by atoms with Crippen LogP contribution in [0, 0.1) is 0 Å². The summed E-state index contributed by atoms with van der Waals surface area (Å²) in [5.74, 6) is 0. The van der Waals surface area contributed by atoms with Crippen LogP contribution >= 0.6 is 0 Å². The summed E-state index contributed by atoms with van der Waals surface area (Å²) in [7, 11) is 0. The zero-order chi connectivity index (χ0) is 12.8. The normalized spacial score (nSPS) is 12.8. The second-order valence-corrected chi connectivity index (χ2v) is 4.87. The molecule has 1 atom stereocenters. The Hall–Kier alpha value is -1.41. The zero-order valence-corrected chi connectivity index (χ0v) is 11.1. The minimum atomic E-state index is 0.0629. The molecule has 2 rings (SSSR count). The van der Waals surface area contributed by atoms with Gasteiger partial charge in [-0.3, -0.25) is 4.98 Å². The van der Waals surface area contributed by atoms with Crippen LogP contribution in [0.5, 0.6) is 0 Å². The molecule has 0 fully saturated rings. The topological polar surface area (TPSA) is 38.9 Å². The predicted molar refractivity (Wildman–Crippen MR) is 77.4 cm³/mol. The molecule has 1 aromatic carbocycles. The van der Waals surface area contributed by atoms with Crippen molar-refractivity contribution in [3.63, 3.8) is 0 Å². The fraction of sp³-hybridized carbons (Fsp3) is 0.438. The van der Waals surface area contributed by atoms with E-state index in [4.69, 9.17) is 5.73 Å². The molecule has 1 heterocycles. The van der Waals surface area contributed by atoms with Gasteiger partial charge >= 0.3 is 0 Å².